The molecule has 172 valence electrons. The Morgan fingerprint density at radius 3 is 2.55 bits per heavy atom. The van der Waals surface area contributed by atoms with Gasteiger partial charge in [-0.25, -0.2) is 14.8 Å². The molecule has 1 fully saturated rings. The van der Waals surface area contributed by atoms with E-state index in [1.165, 1.54) is 18.2 Å². The number of carboxylic acids is 1. The number of carboxylic acid groups (broad SMARTS) is 1. The fourth-order valence-corrected chi connectivity index (χ4v) is 4.57. The highest BCUT2D eigenvalue weighted by Crippen LogP contribution is 2.25. The Morgan fingerprint density at radius 1 is 1.09 bits per heavy atom. The zero-order chi connectivity index (χ0) is 23.0. The summed E-state index contributed by atoms with van der Waals surface area (Å²) in [5.41, 5.74) is 3.29. The van der Waals surface area contributed by atoms with Gasteiger partial charge in [0.1, 0.15) is 0 Å². The molecule has 0 spiro atoms. The summed E-state index contributed by atoms with van der Waals surface area (Å²) in [4.78, 5) is 25.6. The predicted octanol–water partition coefficient (Wildman–Crippen LogP) is 4.85. The molecule has 2 aromatic carbocycles. The average Bonchev–Trinajstić information content (AvgIpc) is 2.85. The molecule has 3 aromatic rings. The highest BCUT2D eigenvalue weighted by atomic mass is 16.4. The molecule has 1 aromatic heterocycles. The molecule has 0 amide bonds. The monoisotopic (exact) mass is 444 g/mol. The van der Waals surface area contributed by atoms with Crippen LogP contribution >= 0.6 is 0 Å². The molecule has 2 heterocycles. The second kappa shape index (κ2) is 10.9. The Kier molecular flexibility index (Phi) is 7.55. The van der Waals surface area contributed by atoms with Crippen LogP contribution in [-0.4, -0.2) is 47.2 Å². The number of benzene rings is 2. The minimum absolute atomic E-state index is 0.206. The summed E-state index contributed by atoms with van der Waals surface area (Å²) in [5, 5.41) is 9.70. The van der Waals surface area contributed by atoms with Crippen LogP contribution < -0.4 is 9.80 Å². The second-order valence-corrected chi connectivity index (χ2v) is 8.73. The Hall–Kier alpha value is -3.41. The predicted molar refractivity (Wildman–Crippen MR) is 132 cm³/mol. The van der Waals surface area contributed by atoms with Crippen LogP contribution in [0.3, 0.4) is 0 Å². The molecule has 1 aliphatic rings. The van der Waals surface area contributed by atoms with Crippen LogP contribution in [0.1, 0.15) is 47.3 Å². The van der Waals surface area contributed by atoms with E-state index >= 15 is 0 Å². The van der Waals surface area contributed by atoms with Crippen molar-refractivity contribution in [1.82, 2.24) is 9.97 Å². The Morgan fingerprint density at radius 2 is 1.82 bits per heavy atom. The number of hydrogen-bond acceptors (Lipinski definition) is 5. The number of aryl methyl sites for hydroxylation is 1. The van der Waals surface area contributed by atoms with Crippen molar-refractivity contribution >= 4 is 17.6 Å². The number of anilines is 2. The van der Waals surface area contributed by atoms with Gasteiger partial charge in [0.2, 0.25) is 5.95 Å². The van der Waals surface area contributed by atoms with Crippen LogP contribution in [0.15, 0.2) is 66.9 Å². The van der Waals surface area contributed by atoms with E-state index in [9.17, 15) is 9.90 Å². The summed E-state index contributed by atoms with van der Waals surface area (Å²) in [6, 6.07) is 21.0. The van der Waals surface area contributed by atoms with Gasteiger partial charge >= 0.3 is 5.97 Å². The standard InChI is InChI=1S/C27H32N4O2/c1-30(22-13-6-3-7-14-22)17-10-16-25-24(26(32)33)20-28-27(29-25)31-18-9-8-15-23(31)19-21-11-4-2-5-12-21/h2-7,11-14,20,23H,8-10,15-19H2,1H3,(H,32,33)/t23-/m0/s1. The maximum absolute atomic E-state index is 11.8. The number of para-hydroxylation sites is 1. The van der Waals surface area contributed by atoms with Gasteiger partial charge in [0.05, 0.1) is 11.3 Å². The first-order valence-electron chi connectivity index (χ1n) is 11.8. The lowest BCUT2D eigenvalue weighted by molar-refractivity contribution is 0.0694. The summed E-state index contributed by atoms with van der Waals surface area (Å²) >= 11 is 0. The SMILES string of the molecule is CN(CCCc1nc(N2CCCC[C@H]2Cc2ccccc2)ncc1C(=O)O)c1ccccc1. The topological polar surface area (TPSA) is 69.6 Å². The van der Waals surface area contributed by atoms with Crippen molar-refractivity contribution in [2.45, 2.75) is 44.6 Å². The van der Waals surface area contributed by atoms with Crippen LogP contribution in [0.2, 0.25) is 0 Å². The van der Waals surface area contributed by atoms with Crippen molar-refractivity contribution in [3.63, 3.8) is 0 Å². The van der Waals surface area contributed by atoms with Crippen LogP contribution in [0.5, 0.6) is 0 Å². The van der Waals surface area contributed by atoms with Crippen LogP contribution in [0, 0.1) is 0 Å². The molecule has 0 unspecified atom stereocenters. The van der Waals surface area contributed by atoms with Gasteiger partial charge in [0.15, 0.2) is 0 Å². The zero-order valence-corrected chi connectivity index (χ0v) is 19.2. The van der Waals surface area contributed by atoms with Crippen molar-refractivity contribution in [1.29, 1.82) is 0 Å². The zero-order valence-electron chi connectivity index (χ0n) is 19.2. The normalized spacial score (nSPS) is 15.9. The molecular formula is C27H32N4O2. The number of nitrogens with zero attached hydrogens (tertiary/aromatic N) is 4. The van der Waals surface area contributed by atoms with E-state index in [0.29, 0.717) is 24.1 Å². The first-order valence-corrected chi connectivity index (χ1v) is 11.8. The molecule has 4 rings (SSSR count). The van der Waals surface area contributed by atoms with Gasteiger partial charge in [-0.2, -0.15) is 0 Å². The van der Waals surface area contributed by atoms with E-state index in [0.717, 1.165) is 44.5 Å². The maximum Gasteiger partial charge on any atom is 0.339 e. The van der Waals surface area contributed by atoms with E-state index < -0.39 is 5.97 Å². The van der Waals surface area contributed by atoms with Crippen molar-refractivity contribution in [3.8, 4) is 0 Å². The maximum atomic E-state index is 11.8. The summed E-state index contributed by atoms with van der Waals surface area (Å²) in [5.74, 6) is -0.306. The van der Waals surface area contributed by atoms with E-state index in [4.69, 9.17) is 4.98 Å². The molecule has 1 N–H and O–H groups in total. The lowest BCUT2D eigenvalue weighted by atomic mass is 9.96. The second-order valence-electron chi connectivity index (χ2n) is 8.73. The van der Waals surface area contributed by atoms with Gasteiger partial charge in [-0.1, -0.05) is 48.5 Å². The number of aromatic nitrogens is 2. The first-order chi connectivity index (χ1) is 16.1. The number of hydrogen-bond donors (Lipinski definition) is 1. The van der Waals surface area contributed by atoms with E-state index in [2.05, 4.69) is 58.2 Å². The molecule has 33 heavy (non-hydrogen) atoms. The van der Waals surface area contributed by atoms with Gasteiger partial charge < -0.3 is 14.9 Å². The number of carbonyl (C=O) groups is 1. The van der Waals surface area contributed by atoms with Gasteiger partial charge in [-0.3, -0.25) is 0 Å². The molecule has 0 aliphatic carbocycles. The van der Waals surface area contributed by atoms with Crippen LogP contribution in [0.25, 0.3) is 0 Å². The third kappa shape index (κ3) is 5.89. The number of piperidine rings is 1. The van der Waals surface area contributed by atoms with E-state index in [1.54, 1.807) is 0 Å². The highest BCUT2D eigenvalue weighted by molar-refractivity contribution is 5.88. The van der Waals surface area contributed by atoms with Gasteiger partial charge in [0.25, 0.3) is 0 Å². The van der Waals surface area contributed by atoms with Gasteiger partial charge in [-0.15, -0.1) is 0 Å². The molecule has 1 atom stereocenters. The minimum atomic E-state index is -0.965. The molecule has 0 radical (unpaired) electrons. The lowest BCUT2D eigenvalue weighted by Gasteiger charge is -2.36. The summed E-state index contributed by atoms with van der Waals surface area (Å²) in [7, 11) is 2.06. The molecule has 0 bridgehead atoms. The summed E-state index contributed by atoms with van der Waals surface area (Å²) < 4.78 is 0. The summed E-state index contributed by atoms with van der Waals surface area (Å²) in [6.07, 6.45) is 7.25. The van der Waals surface area contributed by atoms with Crippen LogP contribution in [-0.2, 0) is 12.8 Å². The molecule has 6 nitrogen and oxygen atoms in total. The van der Waals surface area contributed by atoms with Gasteiger partial charge in [0, 0.05) is 38.1 Å². The molecule has 6 heteroatoms. The fraction of sp³-hybridized carbons (Fsp3) is 0.370. The Bertz CT molecular complexity index is 1040. The van der Waals surface area contributed by atoms with Gasteiger partial charge in [-0.05, 0) is 56.2 Å². The Labute approximate surface area is 195 Å². The first kappa shape index (κ1) is 22.8. The largest absolute Gasteiger partial charge is 0.478 e. The van der Waals surface area contributed by atoms with E-state index in [1.807, 2.05) is 24.3 Å². The number of aromatic carboxylic acids is 1. The average molecular weight is 445 g/mol. The summed E-state index contributed by atoms with van der Waals surface area (Å²) in [6.45, 7) is 1.73. The molecule has 1 aliphatic heterocycles. The van der Waals surface area contributed by atoms with Crippen molar-refractivity contribution in [3.05, 3.63) is 83.7 Å². The quantitative estimate of drug-likeness (QED) is 0.509. The highest BCUT2D eigenvalue weighted by Gasteiger charge is 2.26. The van der Waals surface area contributed by atoms with Crippen molar-refractivity contribution in [2.24, 2.45) is 0 Å². The molecule has 0 saturated carbocycles. The van der Waals surface area contributed by atoms with Crippen LogP contribution in [0.4, 0.5) is 11.6 Å². The third-order valence-corrected chi connectivity index (χ3v) is 6.39. The number of rotatable bonds is 9. The lowest BCUT2D eigenvalue weighted by Crippen LogP contribution is -2.42. The molecular weight excluding hydrogens is 412 g/mol. The Balaban J connectivity index is 1.49. The van der Waals surface area contributed by atoms with E-state index in [-0.39, 0.29) is 5.56 Å². The smallest absolute Gasteiger partial charge is 0.339 e. The third-order valence-electron chi connectivity index (χ3n) is 6.39. The fourth-order valence-electron chi connectivity index (χ4n) is 4.57. The van der Waals surface area contributed by atoms with Crippen molar-refractivity contribution in [2.75, 3.05) is 29.9 Å². The van der Waals surface area contributed by atoms with Crippen molar-refractivity contribution < 1.29 is 9.90 Å². The molecule has 1 saturated heterocycles. The minimum Gasteiger partial charge on any atom is -0.478 e.